The first-order valence-electron chi connectivity index (χ1n) is 8.78. The first-order valence-corrected chi connectivity index (χ1v) is 8.78. The Bertz CT molecular complexity index is 718. The number of benzene rings is 1. The minimum Gasteiger partial charge on any atom is -0.320 e. The van der Waals surface area contributed by atoms with Gasteiger partial charge >= 0.3 is 0 Å². The van der Waals surface area contributed by atoms with Gasteiger partial charge in [0.05, 0.1) is 6.04 Å². The zero-order chi connectivity index (χ0) is 16.2. The Morgan fingerprint density at radius 2 is 1.96 bits per heavy atom. The molecule has 0 aliphatic heterocycles. The van der Waals surface area contributed by atoms with Gasteiger partial charge in [0, 0.05) is 17.8 Å². The van der Waals surface area contributed by atoms with Crippen molar-refractivity contribution in [2.24, 2.45) is 5.73 Å². The van der Waals surface area contributed by atoms with Crippen LogP contribution in [0.5, 0.6) is 0 Å². The molecule has 0 radical (unpaired) electrons. The van der Waals surface area contributed by atoms with Crippen LogP contribution in [-0.4, -0.2) is 4.57 Å². The third kappa shape index (κ3) is 3.25. The molecule has 1 unspecified atom stereocenters. The lowest BCUT2D eigenvalue weighted by molar-refractivity contribution is 0.563. The van der Waals surface area contributed by atoms with E-state index < -0.39 is 0 Å². The van der Waals surface area contributed by atoms with Crippen LogP contribution in [0.4, 0.5) is 0 Å². The van der Waals surface area contributed by atoms with Crippen LogP contribution in [-0.2, 0) is 19.4 Å². The molecule has 3 heteroatoms. The second kappa shape index (κ2) is 7.14. The lowest BCUT2D eigenvalue weighted by atomic mass is 9.98. The normalized spacial score (nSPS) is 14.7. The predicted molar refractivity (Wildman–Crippen MR) is 94.7 cm³/mol. The molecule has 0 saturated heterocycles. The summed E-state index contributed by atoms with van der Waals surface area (Å²) >= 11 is 0. The van der Waals surface area contributed by atoms with Crippen LogP contribution in [0.3, 0.4) is 0 Å². The molecule has 1 aliphatic carbocycles. The zero-order valence-electron chi connectivity index (χ0n) is 13.9. The summed E-state index contributed by atoms with van der Waals surface area (Å²) in [5.41, 5.74) is 10.8. The molecule has 0 amide bonds. The van der Waals surface area contributed by atoms with E-state index in [4.69, 9.17) is 5.73 Å². The molecule has 1 aromatic carbocycles. The molecule has 3 nitrogen and oxygen atoms in total. The van der Waals surface area contributed by atoms with Crippen molar-refractivity contribution >= 4 is 0 Å². The summed E-state index contributed by atoms with van der Waals surface area (Å²) in [4.78, 5) is 13.0. The summed E-state index contributed by atoms with van der Waals surface area (Å²) in [6.45, 7) is 3.01. The van der Waals surface area contributed by atoms with Crippen molar-refractivity contribution < 1.29 is 0 Å². The van der Waals surface area contributed by atoms with Gasteiger partial charge in [-0.05, 0) is 42.9 Å². The SMILES string of the molecule is CCCCCn1c2c(cc(C(N)c3ccccc3)c1=O)CCC2. The monoisotopic (exact) mass is 310 g/mol. The highest BCUT2D eigenvalue weighted by molar-refractivity contribution is 5.36. The van der Waals surface area contributed by atoms with Crippen molar-refractivity contribution in [2.45, 2.75) is 58.0 Å². The summed E-state index contributed by atoms with van der Waals surface area (Å²) in [5, 5.41) is 0. The topological polar surface area (TPSA) is 48.0 Å². The number of unbranched alkanes of at least 4 members (excludes halogenated alkanes) is 2. The lowest BCUT2D eigenvalue weighted by Crippen LogP contribution is -2.31. The van der Waals surface area contributed by atoms with Gasteiger partial charge in [0.15, 0.2) is 0 Å². The highest BCUT2D eigenvalue weighted by Crippen LogP contribution is 2.25. The van der Waals surface area contributed by atoms with Crippen LogP contribution < -0.4 is 11.3 Å². The van der Waals surface area contributed by atoms with Crippen LogP contribution in [0.15, 0.2) is 41.2 Å². The smallest absolute Gasteiger partial charge is 0.255 e. The maximum absolute atomic E-state index is 13.0. The Hall–Kier alpha value is -1.87. The second-order valence-electron chi connectivity index (χ2n) is 6.48. The highest BCUT2D eigenvalue weighted by atomic mass is 16.1. The molecule has 2 N–H and O–H groups in total. The maximum Gasteiger partial charge on any atom is 0.255 e. The Morgan fingerprint density at radius 3 is 2.70 bits per heavy atom. The minimum absolute atomic E-state index is 0.109. The summed E-state index contributed by atoms with van der Waals surface area (Å²) < 4.78 is 2.01. The predicted octanol–water partition coefficient (Wildman–Crippen LogP) is 3.58. The van der Waals surface area contributed by atoms with Crippen molar-refractivity contribution in [3.8, 4) is 0 Å². The van der Waals surface area contributed by atoms with Gasteiger partial charge in [-0.25, -0.2) is 0 Å². The molecule has 1 aromatic heterocycles. The average molecular weight is 310 g/mol. The molecular formula is C20H26N2O. The third-order valence-electron chi connectivity index (χ3n) is 4.86. The van der Waals surface area contributed by atoms with Crippen molar-refractivity contribution in [3.05, 3.63) is 69.1 Å². The number of pyridine rings is 1. The standard InChI is InChI=1S/C20H26N2O/c1-2-3-7-13-22-18-12-8-11-16(18)14-17(20(22)23)19(21)15-9-5-4-6-10-15/h4-6,9-10,14,19H,2-3,7-8,11-13,21H2,1H3. The summed E-state index contributed by atoms with van der Waals surface area (Å²) in [6, 6.07) is 11.6. The number of aryl methyl sites for hydroxylation is 1. The van der Waals surface area contributed by atoms with Gasteiger partial charge in [-0.15, -0.1) is 0 Å². The van der Waals surface area contributed by atoms with E-state index >= 15 is 0 Å². The number of nitrogens with two attached hydrogens (primary N) is 1. The Labute approximate surface area is 138 Å². The van der Waals surface area contributed by atoms with Crippen LogP contribution in [0.25, 0.3) is 0 Å². The largest absolute Gasteiger partial charge is 0.320 e. The molecule has 0 spiro atoms. The summed E-state index contributed by atoms with van der Waals surface area (Å²) in [6.07, 6.45) is 6.63. The number of aromatic nitrogens is 1. The van der Waals surface area contributed by atoms with Gasteiger partial charge < -0.3 is 10.3 Å². The van der Waals surface area contributed by atoms with Crippen molar-refractivity contribution in [1.29, 1.82) is 0 Å². The molecule has 2 aromatic rings. The van der Waals surface area contributed by atoms with Crippen molar-refractivity contribution in [1.82, 2.24) is 4.57 Å². The molecular weight excluding hydrogens is 284 g/mol. The first kappa shape index (κ1) is 16.0. The van der Waals surface area contributed by atoms with E-state index in [2.05, 4.69) is 13.0 Å². The fraction of sp³-hybridized carbons (Fsp3) is 0.450. The number of rotatable bonds is 6. The molecule has 1 heterocycles. The van der Waals surface area contributed by atoms with E-state index in [0.29, 0.717) is 0 Å². The van der Waals surface area contributed by atoms with Crippen LogP contribution >= 0.6 is 0 Å². The quantitative estimate of drug-likeness (QED) is 0.829. The molecule has 23 heavy (non-hydrogen) atoms. The van der Waals surface area contributed by atoms with E-state index in [-0.39, 0.29) is 11.6 Å². The van der Waals surface area contributed by atoms with E-state index in [9.17, 15) is 4.79 Å². The third-order valence-corrected chi connectivity index (χ3v) is 4.86. The van der Waals surface area contributed by atoms with Crippen molar-refractivity contribution in [3.63, 3.8) is 0 Å². The van der Waals surface area contributed by atoms with E-state index in [1.54, 1.807) is 0 Å². The Balaban J connectivity index is 2.01. The minimum atomic E-state index is -0.341. The van der Waals surface area contributed by atoms with E-state index in [0.717, 1.165) is 49.8 Å². The van der Waals surface area contributed by atoms with Crippen LogP contribution in [0, 0.1) is 0 Å². The first-order chi connectivity index (χ1) is 11.2. The zero-order valence-corrected chi connectivity index (χ0v) is 13.9. The molecule has 3 rings (SSSR count). The van der Waals surface area contributed by atoms with E-state index in [1.165, 1.54) is 17.7 Å². The van der Waals surface area contributed by atoms with Crippen LogP contribution in [0.2, 0.25) is 0 Å². The van der Waals surface area contributed by atoms with Gasteiger partial charge in [-0.3, -0.25) is 4.79 Å². The molecule has 0 bridgehead atoms. The number of fused-ring (bicyclic) bond motifs is 1. The molecule has 0 saturated carbocycles. The summed E-state index contributed by atoms with van der Waals surface area (Å²) in [7, 11) is 0. The maximum atomic E-state index is 13.0. The molecule has 122 valence electrons. The number of hydrogen-bond donors (Lipinski definition) is 1. The Kier molecular flexibility index (Phi) is 4.97. The molecule has 0 fully saturated rings. The van der Waals surface area contributed by atoms with Gasteiger partial charge in [-0.1, -0.05) is 50.1 Å². The van der Waals surface area contributed by atoms with Crippen LogP contribution in [0.1, 0.15) is 61.0 Å². The van der Waals surface area contributed by atoms with Crippen molar-refractivity contribution in [2.75, 3.05) is 0 Å². The van der Waals surface area contributed by atoms with Gasteiger partial charge in [0.2, 0.25) is 0 Å². The fourth-order valence-corrected chi connectivity index (χ4v) is 3.56. The highest BCUT2D eigenvalue weighted by Gasteiger charge is 2.22. The lowest BCUT2D eigenvalue weighted by Gasteiger charge is -2.18. The average Bonchev–Trinajstić information content (AvgIpc) is 3.05. The Morgan fingerprint density at radius 1 is 1.17 bits per heavy atom. The van der Waals surface area contributed by atoms with Gasteiger partial charge in [-0.2, -0.15) is 0 Å². The second-order valence-corrected chi connectivity index (χ2v) is 6.48. The summed E-state index contributed by atoms with van der Waals surface area (Å²) in [5.74, 6) is 0. The van der Waals surface area contributed by atoms with Gasteiger partial charge in [0.25, 0.3) is 5.56 Å². The molecule has 1 atom stereocenters. The number of nitrogens with zero attached hydrogens (tertiary/aromatic N) is 1. The fourth-order valence-electron chi connectivity index (χ4n) is 3.56. The molecule has 1 aliphatic rings. The number of hydrogen-bond acceptors (Lipinski definition) is 2. The van der Waals surface area contributed by atoms with Gasteiger partial charge in [0.1, 0.15) is 0 Å². The van der Waals surface area contributed by atoms with E-state index in [1.807, 2.05) is 34.9 Å².